The van der Waals surface area contributed by atoms with Gasteiger partial charge in [-0.05, 0) is 43.0 Å². The maximum absolute atomic E-state index is 13.6. The highest BCUT2D eigenvalue weighted by atomic mass is 19.1. The molecule has 0 bridgehead atoms. The van der Waals surface area contributed by atoms with Crippen LogP contribution in [0.25, 0.3) is 0 Å². The van der Waals surface area contributed by atoms with Crippen molar-refractivity contribution in [3.05, 3.63) is 65.2 Å². The summed E-state index contributed by atoms with van der Waals surface area (Å²) in [5.41, 5.74) is 2.49. The molecule has 2 aromatic carbocycles. The van der Waals surface area contributed by atoms with Crippen LogP contribution in [-0.2, 0) is 11.2 Å². The van der Waals surface area contributed by atoms with E-state index < -0.39 is 17.7 Å². The van der Waals surface area contributed by atoms with Gasteiger partial charge in [-0.25, -0.2) is 8.78 Å². The zero-order valence-electron chi connectivity index (χ0n) is 12.8. The Kier molecular flexibility index (Phi) is 4.39. The molecule has 0 saturated heterocycles. The molecule has 0 spiro atoms. The van der Waals surface area contributed by atoms with Crippen LogP contribution in [0.15, 0.2) is 42.5 Å². The number of aryl methyl sites for hydroxylation is 1. The highest BCUT2D eigenvalue weighted by molar-refractivity contribution is 5.94. The summed E-state index contributed by atoms with van der Waals surface area (Å²) in [6, 6.07) is 10.9. The van der Waals surface area contributed by atoms with E-state index in [1.54, 1.807) is 6.92 Å². The lowest BCUT2D eigenvalue weighted by atomic mass is 10.1. The molecule has 5 heteroatoms. The number of amides is 1. The number of carbonyl (C=O) groups is 1. The fourth-order valence-corrected chi connectivity index (χ4v) is 2.94. The lowest BCUT2D eigenvalue weighted by molar-refractivity contribution is -0.118. The molecule has 2 atom stereocenters. The lowest BCUT2D eigenvalue weighted by Gasteiger charge is -2.20. The molecule has 0 heterocycles. The first-order valence-electron chi connectivity index (χ1n) is 7.64. The Hall–Kier alpha value is -2.27. The van der Waals surface area contributed by atoms with Gasteiger partial charge >= 0.3 is 0 Å². The Labute approximate surface area is 133 Å². The van der Waals surface area contributed by atoms with Crippen molar-refractivity contribution in [3.8, 4) is 0 Å². The standard InChI is InChI=1S/C18H18F2N2O/c1-11(18(23)22-17-9-7-13(19)10-15(17)20)21-16-8-6-12-4-2-3-5-14(12)16/h2-5,7,9-11,16,21H,6,8H2,1H3,(H,22,23)/t11-,16-/m0/s1. The van der Waals surface area contributed by atoms with E-state index in [2.05, 4.69) is 22.8 Å². The van der Waals surface area contributed by atoms with Gasteiger partial charge in [0.2, 0.25) is 5.91 Å². The fraction of sp³-hybridized carbons (Fsp3) is 0.278. The van der Waals surface area contributed by atoms with E-state index >= 15 is 0 Å². The first kappa shape index (κ1) is 15.6. The molecule has 0 fully saturated rings. The Morgan fingerprint density at radius 2 is 2.00 bits per heavy atom. The average Bonchev–Trinajstić information content (AvgIpc) is 2.93. The maximum atomic E-state index is 13.6. The third-order valence-corrected chi connectivity index (χ3v) is 4.17. The SMILES string of the molecule is C[C@H](N[C@H]1CCc2ccccc21)C(=O)Nc1ccc(F)cc1F. The molecule has 2 N–H and O–H groups in total. The molecule has 0 aliphatic heterocycles. The number of rotatable bonds is 4. The highest BCUT2D eigenvalue weighted by Crippen LogP contribution is 2.31. The van der Waals surface area contributed by atoms with Gasteiger partial charge in [-0.15, -0.1) is 0 Å². The van der Waals surface area contributed by atoms with Gasteiger partial charge in [0.05, 0.1) is 11.7 Å². The van der Waals surface area contributed by atoms with Gasteiger partial charge < -0.3 is 5.32 Å². The number of carbonyl (C=O) groups excluding carboxylic acids is 1. The number of fused-ring (bicyclic) bond motifs is 1. The van der Waals surface area contributed by atoms with Gasteiger partial charge in [-0.3, -0.25) is 10.1 Å². The highest BCUT2D eigenvalue weighted by Gasteiger charge is 2.25. The summed E-state index contributed by atoms with van der Waals surface area (Å²) in [5, 5.41) is 5.77. The molecule has 120 valence electrons. The molecule has 0 radical (unpaired) electrons. The van der Waals surface area contributed by atoms with Gasteiger partial charge in [0.15, 0.2) is 0 Å². The lowest BCUT2D eigenvalue weighted by Crippen LogP contribution is -2.39. The fourth-order valence-electron chi connectivity index (χ4n) is 2.94. The van der Waals surface area contributed by atoms with Gasteiger partial charge in [-0.2, -0.15) is 0 Å². The van der Waals surface area contributed by atoms with Crippen molar-refractivity contribution < 1.29 is 13.6 Å². The second-order valence-corrected chi connectivity index (χ2v) is 5.79. The van der Waals surface area contributed by atoms with E-state index in [1.807, 2.05) is 12.1 Å². The van der Waals surface area contributed by atoms with Crippen molar-refractivity contribution in [2.75, 3.05) is 5.32 Å². The summed E-state index contributed by atoms with van der Waals surface area (Å²) in [7, 11) is 0. The monoisotopic (exact) mass is 316 g/mol. The molecule has 1 amide bonds. The summed E-state index contributed by atoms with van der Waals surface area (Å²) < 4.78 is 26.5. The van der Waals surface area contributed by atoms with E-state index in [0.29, 0.717) is 0 Å². The molecule has 1 aliphatic rings. The summed E-state index contributed by atoms with van der Waals surface area (Å²) in [6.07, 6.45) is 1.91. The quantitative estimate of drug-likeness (QED) is 0.905. The smallest absolute Gasteiger partial charge is 0.241 e. The third-order valence-electron chi connectivity index (χ3n) is 4.17. The molecule has 0 aromatic heterocycles. The van der Waals surface area contributed by atoms with Gasteiger partial charge in [-0.1, -0.05) is 24.3 Å². The van der Waals surface area contributed by atoms with E-state index in [1.165, 1.54) is 17.2 Å². The number of nitrogens with one attached hydrogen (secondary N) is 2. The van der Waals surface area contributed by atoms with E-state index in [0.717, 1.165) is 25.0 Å². The molecule has 23 heavy (non-hydrogen) atoms. The minimum absolute atomic E-state index is 0.0168. The average molecular weight is 316 g/mol. The van der Waals surface area contributed by atoms with Crippen molar-refractivity contribution in [3.63, 3.8) is 0 Å². The predicted octanol–water partition coefficient (Wildman–Crippen LogP) is 3.57. The molecule has 0 unspecified atom stereocenters. The van der Waals surface area contributed by atoms with Crippen LogP contribution in [0.1, 0.15) is 30.5 Å². The second kappa shape index (κ2) is 6.46. The van der Waals surface area contributed by atoms with E-state index in [-0.39, 0.29) is 17.6 Å². The Bertz CT molecular complexity index is 733. The van der Waals surface area contributed by atoms with Crippen LogP contribution in [0, 0.1) is 11.6 Å². The molecule has 2 aromatic rings. The minimum Gasteiger partial charge on any atom is -0.322 e. The first-order valence-corrected chi connectivity index (χ1v) is 7.64. The number of anilines is 1. The van der Waals surface area contributed by atoms with Crippen molar-refractivity contribution >= 4 is 11.6 Å². The summed E-state index contributed by atoms with van der Waals surface area (Å²) in [5.74, 6) is -1.80. The van der Waals surface area contributed by atoms with Gasteiger partial charge in [0.25, 0.3) is 0 Å². The normalized spacial score (nSPS) is 17.6. The molecule has 0 saturated carbocycles. The van der Waals surface area contributed by atoms with Crippen LogP contribution in [0.5, 0.6) is 0 Å². The van der Waals surface area contributed by atoms with Crippen LogP contribution in [0.4, 0.5) is 14.5 Å². The second-order valence-electron chi connectivity index (χ2n) is 5.79. The van der Waals surface area contributed by atoms with Crippen LogP contribution >= 0.6 is 0 Å². The topological polar surface area (TPSA) is 41.1 Å². The molecular formula is C18H18F2N2O. The number of hydrogen-bond donors (Lipinski definition) is 2. The van der Waals surface area contributed by atoms with Crippen LogP contribution in [0.3, 0.4) is 0 Å². The van der Waals surface area contributed by atoms with Crippen molar-refractivity contribution in [1.82, 2.24) is 5.32 Å². The van der Waals surface area contributed by atoms with Crippen LogP contribution in [0.2, 0.25) is 0 Å². The molecule has 3 rings (SSSR count). The minimum atomic E-state index is -0.781. The summed E-state index contributed by atoms with van der Waals surface area (Å²) in [6.45, 7) is 1.73. The van der Waals surface area contributed by atoms with Crippen LogP contribution in [-0.4, -0.2) is 11.9 Å². The van der Waals surface area contributed by atoms with Gasteiger partial charge in [0.1, 0.15) is 11.6 Å². The molecular weight excluding hydrogens is 298 g/mol. The Morgan fingerprint density at radius 1 is 1.22 bits per heavy atom. The number of halogens is 2. The van der Waals surface area contributed by atoms with Crippen molar-refractivity contribution in [1.29, 1.82) is 0 Å². The summed E-state index contributed by atoms with van der Waals surface area (Å²) in [4.78, 5) is 12.2. The van der Waals surface area contributed by atoms with E-state index in [4.69, 9.17) is 0 Å². The zero-order chi connectivity index (χ0) is 16.4. The van der Waals surface area contributed by atoms with Crippen molar-refractivity contribution in [2.45, 2.75) is 31.8 Å². The largest absolute Gasteiger partial charge is 0.322 e. The third kappa shape index (κ3) is 3.40. The maximum Gasteiger partial charge on any atom is 0.241 e. The predicted molar refractivity (Wildman–Crippen MR) is 85.1 cm³/mol. The zero-order valence-corrected chi connectivity index (χ0v) is 12.8. The van der Waals surface area contributed by atoms with E-state index in [9.17, 15) is 13.6 Å². The summed E-state index contributed by atoms with van der Waals surface area (Å²) >= 11 is 0. The molecule has 3 nitrogen and oxygen atoms in total. The van der Waals surface area contributed by atoms with Crippen molar-refractivity contribution in [2.24, 2.45) is 0 Å². The first-order chi connectivity index (χ1) is 11.0. The number of hydrogen-bond acceptors (Lipinski definition) is 2. The molecule has 1 aliphatic carbocycles. The Balaban J connectivity index is 1.64. The Morgan fingerprint density at radius 3 is 2.78 bits per heavy atom. The van der Waals surface area contributed by atoms with Gasteiger partial charge in [0, 0.05) is 12.1 Å². The number of benzene rings is 2. The van der Waals surface area contributed by atoms with Crippen LogP contribution < -0.4 is 10.6 Å².